The van der Waals surface area contributed by atoms with Gasteiger partial charge in [0.15, 0.2) is 18.4 Å². The number of phosphoric acid groups is 1. The van der Waals surface area contributed by atoms with Gasteiger partial charge in [-0.3, -0.25) is 28.6 Å². The van der Waals surface area contributed by atoms with Crippen LogP contribution in [0.15, 0.2) is 30.6 Å². The summed E-state index contributed by atoms with van der Waals surface area (Å²) in [5.41, 5.74) is 0.708. The van der Waals surface area contributed by atoms with Crippen LogP contribution in [-0.2, 0) is 46.7 Å². The average molecular weight is 587 g/mol. The molecular weight excluding hydrogens is 559 g/mol. The summed E-state index contributed by atoms with van der Waals surface area (Å²) < 4.78 is 53.1. The fraction of sp³-hybridized carbons (Fsp3) is 0.522. The molecule has 212 valence electrons. The van der Waals surface area contributed by atoms with Crippen LogP contribution in [0.3, 0.4) is 0 Å². The third-order valence-corrected chi connectivity index (χ3v) is 7.37. The Labute approximate surface area is 228 Å². The Morgan fingerprint density at radius 2 is 1.97 bits per heavy atom. The van der Waals surface area contributed by atoms with Crippen LogP contribution in [0.2, 0.25) is 5.02 Å². The van der Waals surface area contributed by atoms with Crippen LogP contribution < -0.4 is 0 Å². The van der Waals surface area contributed by atoms with E-state index in [-0.39, 0.29) is 24.9 Å². The third kappa shape index (κ3) is 7.21. The maximum atomic E-state index is 13.3. The number of carbonyl (C=O) groups is 2. The van der Waals surface area contributed by atoms with Crippen molar-refractivity contribution in [2.24, 2.45) is 0 Å². The van der Waals surface area contributed by atoms with Crippen LogP contribution in [0.5, 0.6) is 0 Å². The second-order valence-electron chi connectivity index (χ2n) is 8.54. The molecule has 2 aromatic rings. The maximum Gasteiger partial charge on any atom is 0.475 e. The minimum atomic E-state index is -4.07. The van der Waals surface area contributed by atoms with Crippen molar-refractivity contribution in [2.75, 3.05) is 19.8 Å². The average Bonchev–Trinajstić information content (AvgIpc) is 3.48. The largest absolute Gasteiger partial charge is 0.476 e. The molecular formula is C23H28ClN4O10P. The molecule has 0 radical (unpaired) electrons. The standard InChI is InChI=1S/C23H28ClN4O10P/c1-4-32-21(25)22-26-12-28(27-22)23-20(36-14(3)30)19(35-13(2)29)18(37-23)11-34-39(31)33-9-8-17(38-39)15-6-5-7-16(24)10-15/h5-7,10,12,17-20,23,25H,4,8-9,11H2,1-3H3/t17-,18+,19+,20+,23+,39?/m0/s1. The molecule has 6 atom stereocenters. The van der Waals surface area contributed by atoms with Crippen molar-refractivity contribution in [3.05, 3.63) is 47.0 Å². The van der Waals surface area contributed by atoms with Gasteiger partial charge in [-0.2, -0.15) is 0 Å². The number of benzene rings is 1. The van der Waals surface area contributed by atoms with E-state index in [0.29, 0.717) is 17.0 Å². The smallest absolute Gasteiger partial charge is 0.475 e. The highest BCUT2D eigenvalue weighted by Crippen LogP contribution is 2.57. The number of hydrogen-bond donors (Lipinski definition) is 1. The Morgan fingerprint density at radius 1 is 1.23 bits per heavy atom. The number of nitrogens with one attached hydrogen (secondary N) is 1. The van der Waals surface area contributed by atoms with E-state index in [0.717, 1.165) is 0 Å². The van der Waals surface area contributed by atoms with Crippen LogP contribution >= 0.6 is 19.4 Å². The molecule has 39 heavy (non-hydrogen) atoms. The lowest BCUT2D eigenvalue weighted by atomic mass is 10.1. The molecule has 0 saturated carbocycles. The van der Waals surface area contributed by atoms with E-state index in [1.807, 2.05) is 0 Å². The first-order valence-electron chi connectivity index (χ1n) is 12.0. The van der Waals surface area contributed by atoms with E-state index in [9.17, 15) is 14.2 Å². The van der Waals surface area contributed by atoms with Crippen molar-refractivity contribution < 1.29 is 46.7 Å². The predicted octanol–water partition coefficient (Wildman–Crippen LogP) is 3.36. The summed E-state index contributed by atoms with van der Waals surface area (Å²) in [6, 6.07) is 6.94. The molecule has 1 N–H and O–H groups in total. The highest BCUT2D eigenvalue weighted by atomic mass is 35.5. The first kappa shape index (κ1) is 29.1. The van der Waals surface area contributed by atoms with Gasteiger partial charge < -0.3 is 18.9 Å². The van der Waals surface area contributed by atoms with Gasteiger partial charge in [0.2, 0.25) is 5.82 Å². The Bertz CT molecular complexity index is 1260. The van der Waals surface area contributed by atoms with Crippen molar-refractivity contribution in [2.45, 2.75) is 57.8 Å². The van der Waals surface area contributed by atoms with Crippen molar-refractivity contribution in [1.29, 1.82) is 5.41 Å². The van der Waals surface area contributed by atoms with Gasteiger partial charge in [-0.15, -0.1) is 5.10 Å². The number of hydrogen-bond acceptors (Lipinski definition) is 13. The van der Waals surface area contributed by atoms with Gasteiger partial charge in [-0.25, -0.2) is 14.2 Å². The van der Waals surface area contributed by atoms with Crippen molar-refractivity contribution in [3.63, 3.8) is 0 Å². The molecule has 2 saturated heterocycles. The van der Waals surface area contributed by atoms with Gasteiger partial charge in [0.25, 0.3) is 5.90 Å². The lowest BCUT2D eigenvalue weighted by Gasteiger charge is -2.30. The molecule has 3 heterocycles. The Kier molecular flexibility index (Phi) is 9.36. The first-order chi connectivity index (χ1) is 18.6. The second kappa shape index (κ2) is 12.5. The highest BCUT2D eigenvalue weighted by molar-refractivity contribution is 7.48. The predicted molar refractivity (Wildman–Crippen MR) is 133 cm³/mol. The molecule has 4 rings (SSSR count). The van der Waals surface area contributed by atoms with E-state index in [1.165, 1.54) is 24.9 Å². The minimum Gasteiger partial charge on any atom is -0.476 e. The Balaban J connectivity index is 1.53. The third-order valence-electron chi connectivity index (χ3n) is 5.65. The van der Waals surface area contributed by atoms with Crippen molar-refractivity contribution >= 4 is 37.3 Å². The summed E-state index contributed by atoms with van der Waals surface area (Å²) in [6.45, 7) is 3.99. The van der Waals surface area contributed by atoms with Crippen LogP contribution in [-0.4, -0.2) is 70.7 Å². The maximum absolute atomic E-state index is 13.3. The quantitative estimate of drug-likeness (QED) is 0.197. The van der Waals surface area contributed by atoms with Gasteiger partial charge >= 0.3 is 19.8 Å². The molecule has 2 aliphatic rings. The molecule has 1 aromatic carbocycles. The summed E-state index contributed by atoms with van der Waals surface area (Å²) in [5.74, 6) is -1.66. The summed E-state index contributed by atoms with van der Waals surface area (Å²) in [6.07, 6.45) is -3.47. The monoisotopic (exact) mass is 586 g/mol. The lowest BCUT2D eigenvalue weighted by molar-refractivity contribution is -0.166. The Morgan fingerprint density at radius 3 is 2.67 bits per heavy atom. The van der Waals surface area contributed by atoms with Crippen LogP contribution in [0.25, 0.3) is 0 Å². The molecule has 0 spiro atoms. The molecule has 16 heteroatoms. The molecule has 2 fully saturated rings. The number of ether oxygens (including phenoxy) is 4. The van der Waals surface area contributed by atoms with Crippen LogP contribution in [0, 0.1) is 5.41 Å². The normalized spacial score (nSPS) is 28.6. The second-order valence-corrected chi connectivity index (χ2v) is 10.6. The van der Waals surface area contributed by atoms with Gasteiger partial charge in [0, 0.05) is 25.3 Å². The highest BCUT2D eigenvalue weighted by Gasteiger charge is 2.52. The summed E-state index contributed by atoms with van der Waals surface area (Å²) >= 11 is 6.08. The molecule has 2 aliphatic heterocycles. The van der Waals surface area contributed by atoms with Gasteiger partial charge in [-0.1, -0.05) is 23.7 Å². The Hall–Kier alpha value is -2.87. The van der Waals surface area contributed by atoms with Gasteiger partial charge in [0.05, 0.1) is 25.9 Å². The fourth-order valence-electron chi connectivity index (χ4n) is 4.09. The number of phosphoric ester groups is 1. The summed E-state index contributed by atoms with van der Waals surface area (Å²) in [7, 11) is -4.07. The number of rotatable bonds is 9. The first-order valence-corrected chi connectivity index (χ1v) is 13.9. The molecule has 1 unspecified atom stereocenters. The van der Waals surface area contributed by atoms with E-state index in [4.69, 9.17) is 49.5 Å². The number of nitrogens with zero attached hydrogens (tertiary/aromatic N) is 3. The SMILES string of the molecule is CCOC(=N)c1ncn([C@@H]2O[C@H](COP3(=O)OCC[C@@H](c4cccc(Cl)c4)O3)[C@@H](OC(C)=O)[C@H]2OC(C)=O)n1. The van der Waals surface area contributed by atoms with Crippen LogP contribution in [0.4, 0.5) is 0 Å². The lowest BCUT2D eigenvalue weighted by Crippen LogP contribution is -2.40. The summed E-state index contributed by atoms with van der Waals surface area (Å²) in [5, 5.41) is 12.6. The van der Waals surface area contributed by atoms with Gasteiger partial charge in [0.1, 0.15) is 12.4 Å². The van der Waals surface area contributed by atoms with E-state index >= 15 is 0 Å². The molecule has 1 aromatic heterocycles. The van der Waals surface area contributed by atoms with Crippen molar-refractivity contribution in [1.82, 2.24) is 14.8 Å². The van der Waals surface area contributed by atoms with E-state index < -0.39 is 57.0 Å². The van der Waals surface area contributed by atoms with Crippen LogP contribution in [0.1, 0.15) is 50.9 Å². The molecule has 14 nitrogen and oxygen atoms in total. The zero-order chi connectivity index (χ0) is 28.2. The number of esters is 2. The minimum absolute atomic E-state index is 0.0359. The molecule has 0 bridgehead atoms. The van der Waals surface area contributed by atoms with E-state index in [1.54, 1.807) is 31.2 Å². The number of carbonyl (C=O) groups excluding carboxylic acids is 2. The fourth-order valence-corrected chi connectivity index (χ4v) is 5.69. The molecule has 0 aliphatic carbocycles. The van der Waals surface area contributed by atoms with Gasteiger partial charge in [-0.05, 0) is 24.6 Å². The van der Waals surface area contributed by atoms with Crippen molar-refractivity contribution in [3.8, 4) is 0 Å². The summed E-state index contributed by atoms with van der Waals surface area (Å²) in [4.78, 5) is 27.9. The topological polar surface area (TPSA) is 170 Å². The number of halogens is 1. The molecule has 0 amide bonds. The number of aromatic nitrogens is 3. The zero-order valence-electron chi connectivity index (χ0n) is 21.4. The van der Waals surface area contributed by atoms with E-state index in [2.05, 4.69) is 10.1 Å². The zero-order valence-corrected chi connectivity index (χ0v) is 23.0.